The normalized spacial score (nSPS) is 21.6. The Hall–Kier alpha value is -2.62. The average molecular weight is 498 g/mol. The lowest BCUT2D eigenvalue weighted by atomic mass is 9.82. The first-order valence-corrected chi connectivity index (χ1v) is 12.8. The van der Waals surface area contributed by atoms with Crippen LogP contribution in [-0.2, 0) is 25.6 Å². The third-order valence-electron chi connectivity index (χ3n) is 6.76. The molecular weight excluding hydrogens is 467 g/mol. The number of rotatable bonds is 7. The van der Waals surface area contributed by atoms with Crippen molar-refractivity contribution in [1.29, 1.82) is 0 Å². The number of amides is 1. The maximum atomic E-state index is 13.3. The molecule has 0 spiro atoms. The first-order chi connectivity index (χ1) is 15.5. The van der Waals surface area contributed by atoms with Crippen LogP contribution >= 0.6 is 0 Å². The van der Waals surface area contributed by atoms with E-state index < -0.39 is 33.1 Å². The van der Waals surface area contributed by atoms with Gasteiger partial charge < -0.3 is 5.32 Å². The number of carbonyl (C=O) groups is 1. The fourth-order valence-corrected chi connectivity index (χ4v) is 4.62. The third kappa shape index (κ3) is 5.21. The lowest BCUT2D eigenvalue weighted by molar-refractivity contribution is -0.180. The molecule has 34 heavy (non-hydrogen) atoms. The Kier molecular flexibility index (Phi) is 6.54. The van der Waals surface area contributed by atoms with Crippen LogP contribution in [0.3, 0.4) is 0 Å². The van der Waals surface area contributed by atoms with Crippen LogP contribution in [0.1, 0.15) is 62.5 Å². The summed E-state index contributed by atoms with van der Waals surface area (Å²) in [7, 11) is -3.43. The summed E-state index contributed by atoms with van der Waals surface area (Å²) in [5.74, 6) is -0.462. The van der Waals surface area contributed by atoms with Crippen LogP contribution in [0.15, 0.2) is 36.5 Å². The molecule has 1 saturated carbocycles. The van der Waals surface area contributed by atoms with Crippen molar-refractivity contribution < 1.29 is 26.4 Å². The molecule has 1 amide bonds. The number of halogens is 3. The topological polar surface area (TPSA) is 88.2 Å². The Bertz CT molecular complexity index is 1190. The Morgan fingerprint density at radius 3 is 2.29 bits per heavy atom. The van der Waals surface area contributed by atoms with Crippen molar-refractivity contribution in [1.82, 2.24) is 10.3 Å². The van der Waals surface area contributed by atoms with E-state index in [-0.39, 0.29) is 17.4 Å². The fraction of sp³-hybridized carbons (Fsp3) is 0.500. The maximum absolute atomic E-state index is 13.3. The minimum Gasteiger partial charge on any atom is -0.348 e. The van der Waals surface area contributed by atoms with Gasteiger partial charge in [-0.3, -0.25) is 14.5 Å². The van der Waals surface area contributed by atoms with E-state index in [0.29, 0.717) is 23.4 Å². The number of pyridine rings is 1. The van der Waals surface area contributed by atoms with Gasteiger partial charge in [-0.2, -0.15) is 13.2 Å². The molecule has 1 aromatic carbocycles. The summed E-state index contributed by atoms with van der Waals surface area (Å²) < 4.78 is 65.3. The van der Waals surface area contributed by atoms with E-state index in [9.17, 15) is 26.4 Å². The van der Waals surface area contributed by atoms with E-state index in [4.69, 9.17) is 0 Å². The van der Waals surface area contributed by atoms with Crippen molar-refractivity contribution >= 4 is 21.6 Å². The molecule has 0 saturated heterocycles. The number of nitrogens with zero attached hydrogens (tertiary/aromatic N) is 1. The van der Waals surface area contributed by atoms with E-state index in [1.807, 2.05) is 6.92 Å². The van der Waals surface area contributed by atoms with Crippen molar-refractivity contribution in [3.05, 3.63) is 58.9 Å². The van der Waals surface area contributed by atoms with E-state index in [0.717, 1.165) is 25.7 Å². The molecular formula is C24H30F3N3O3S. The first kappa shape index (κ1) is 26.0. The van der Waals surface area contributed by atoms with Crippen molar-refractivity contribution in [2.75, 3.05) is 11.0 Å². The monoisotopic (exact) mass is 497 g/mol. The number of anilines is 1. The van der Waals surface area contributed by atoms with Crippen molar-refractivity contribution in [2.45, 2.75) is 64.1 Å². The van der Waals surface area contributed by atoms with Gasteiger partial charge in [0.15, 0.2) is 0 Å². The Labute approximate surface area is 198 Å². The van der Waals surface area contributed by atoms with E-state index in [1.54, 1.807) is 32.0 Å². The zero-order valence-electron chi connectivity index (χ0n) is 20.0. The molecule has 6 nitrogen and oxygen atoms in total. The molecule has 186 valence electrons. The van der Waals surface area contributed by atoms with Crippen LogP contribution in [0.5, 0.6) is 0 Å². The number of hydrogen-bond acceptors (Lipinski definition) is 4. The van der Waals surface area contributed by atoms with Crippen LogP contribution in [0, 0.1) is 12.8 Å². The van der Waals surface area contributed by atoms with Crippen molar-refractivity contribution in [3.8, 4) is 0 Å². The van der Waals surface area contributed by atoms with Gasteiger partial charge in [-0.15, -0.1) is 0 Å². The number of alkyl halides is 3. The summed E-state index contributed by atoms with van der Waals surface area (Å²) in [6.45, 7) is 7.77. The predicted octanol–water partition coefficient (Wildman–Crippen LogP) is 4.76. The standard InChI is InChI=1S/C24H30F3N3O3S/c1-14-11-19(28-13-20(14)30-34(6,32)33)15(2)29-21(31)18-12-23(18,5)17-9-7-16(8-10-17)22(3,4)24(25,26)27/h7-11,13,15,18,30H,12H2,1-6H3,(H,29,31)/t15-,18?,23?/m1/s1. The zero-order chi connectivity index (χ0) is 25.7. The van der Waals surface area contributed by atoms with Gasteiger partial charge in [-0.1, -0.05) is 31.2 Å². The second-order valence-electron chi connectivity index (χ2n) is 9.90. The molecule has 0 bridgehead atoms. The van der Waals surface area contributed by atoms with Gasteiger partial charge in [0, 0.05) is 11.3 Å². The van der Waals surface area contributed by atoms with Gasteiger partial charge in [-0.25, -0.2) is 8.42 Å². The van der Waals surface area contributed by atoms with Crippen LogP contribution in [0.25, 0.3) is 0 Å². The quantitative estimate of drug-likeness (QED) is 0.578. The number of aryl methyl sites for hydroxylation is 1. The molecule has 1 heterocycles. The molecule has 1 aromatic heterocycles. The number of hydrogen-bond donors (Lipinski definition) is 2. The molecule has 1 fully saturated rings. The molecule has 1 aliphatic carbocycles. The summed E-state index contributed by atoms with van der Waals surface area (Å²) in [4.78, 5) is 17.2. The Morgan fingerprint density at radius 1 is 1.21 bits per heavy atom. The summed E-state index contributed by atoms with van der Waals surface area (Å²) in [6, 6.07) is 7.64. The van der Waals surface area contributed by atoms with Crippen molar-refractivity contribution in [2.24, 2.45) is 5.92 Å². The number of sulfonamides is 1. The Morgan fingerprint density at radius 2 is 1.79 bits per heavy atom. The predicted molar refractivity (Wildman–Crippen MR) is 125 cm³/mol. The summed E-state index contributed by atoms with van der Waals surface area (Å²) in [6.07, 6.45) is -1.29. The SMILES string of the molecule is Cc1cc([C@@H](C)NC(=O)C2CC2(C)c2ccc(C(C)(C)C(F)(F)F)cc2)ncc1NS(C)(=O)=O. The number of carbonyl (C=O) groups excluding carboxylic acids is 1. The van der Waals surface area contributed by atoms with Gasteiger partial charge >= 0.3 is 6.18 Å². The zero-order valence-corrected chi connectivity index (χ0v) is 20.9. The summed E-state index contributed by atoms with van der Waals surface area (Å²) in [5.41, 5.74) is 0.235. The lowest BCUT2D eigenvalue weighted by Crippen LogP contribution is -2.36. The van der Waals surface area contributed by atoms with Gasteiger partial charge in [0.1, 0.15) is 0 Å². The molecule has 2 aromatic rings. The third-order valence-corrected chi connectivity index (χ3v) is 7.35. The van der Waals surface area contributed by atoms with E-state index >= 15 is 0 Å². The maximum Gasteiger partial charge on any atom is 0.397 e. The van der Waals surface area contributed by atoms with Crippen LogP contribution in [0.4, 0.5) is 18.9 Å². The van der Waals surface area contributed by atoms with Gasteiger partial charge in [-0.05, 0) is 56.9 Å². The average Bonchev–Trinajstić information content (AvgIpc) is 3.41. The summed E-state index contributed by atoms with van der Waals surface area (Å²) >= 11 is 0. The second-order valence-corrected chi connectivity index (χ2v) is 11.7. The van der Waals surface area contributed by atoms with Gasteiger partial charge in [0.05, 0.1) is 35.3 Å². The molecule has 0 radical (unpaired) electrons. The highest BCUT2D eigenvalue weighted by atomic mass is 32.2. The van der Waals surface area contributed by atoms with E-state index in [2.05, 4.69) is 15.0 Å². The van der Waals surface area contributed by atoms with Crippen LogP contribution < -0.4 is 10.0 Å². The highest BCUT2D eigenvalue weighted by Gasteiger charge is 2.56. The number of benzene rings is 1. The molecule has 0 aliphatic heterocycles. The van der Waals surface area contributed by atoms with Gasteiger partial charge in [0.25, 0.3) is 0 Å². The highest BCUT2D eigenvalue weighted by molar-refractivity contribution is 7.92. The summed E-state index contributed by atoms with van der Waals surface area (Å²) in [5, 5.41) is 2.94. The largest absolute Gasteiger partial charge is 0.397 e. The molecule has 10 heteroatoms. The number of nitrogens with one attached hydrogen (secondary N) is 2. The van der Waals surface area contributed by atoms with E-state index in [1.165, 1.54) is 18.3 Å². The molecule has 1 aliphatic rings. The molecule has 3 rings (SSSR count). The Balaban J connectivity index is 1.68. The van der Waals surface area contributed by atoms with Gasteiger partial charge in [0.2, 0.25) is 15.9 Å². The first-order valence-electron chi connectivity index (χ1n) is 10.9. The molecule has 3 atom stereocenters. The number of aromatic nitrogens is 1. The molecule has 2 N–H and O–H groups in total. The fourth-order valence-electron chi connectivity index (χ4n) is 4.01. The van der Waals surface area contributed by atoms with Crippen LogP contribution in [0.2, 0.25) is 0 Å². The second kappa shape index (κ2) is 8.55. The van der Waals surface area contributed by atoms with Crippen LogP contribution in [-0.4, -0.2) is 31.7 Å². The molecule has 2 unspecified atom stereocenters. The smallest absolute Gasteiger partial charge is 0.348 e. The highest BCUT2D eigenvalue weighted by Crippen LogP contribution is 2.54. The van der Waals surface area contributed by atoms with Crippen molar-refractivity contribution in [3.63, 3.8) is 0 Å². The minimum atomic E-state index is -4.36. The lowest BCUT2D eigenvalue weighted by Gasteiger charge is -2.28. The minimum absolute atomic E-state index is 0.160.